The molecular weight excluding hydrogens is 228 g/mol. The lowest BCUT2D eigenvalue weighted by molar-refractivity contribution is -0.123. The lowest BCUT2D eigenvalue weighted by atomic mass is 9.81. The summed E-state index contributed by atoms with van der Waals surface area (Å²) in [7, 11) is 0. The smallest absolute Gasteiger partial charge is 0.127 e. The van der Waals surface area contributed by atoms with Gasteiger partial charge in [0.05, 0.1) is 0 Å². The molecule has 2 saturated heterocycles. The number of hydrogen-bond acceptors (Lipinski definition) is 4. The van der Waals surface area contributed by atoms with Crippen LogP contribution in [0.1, 0.15) is 25.7 Å². The summed E-state index contributed by atoms with van der Waals surface area (Å²) in [5.74, 6) is 0. The number of aldehydes is 1. The summed E-state index contributed by atoms with van der Waals surface area (Å²) in [5, 5.41) is 0. The second kappa shape index (κ2) is 5.27. The van der Waals surface area contributed by atoms with Gasteiger partial charge in [-0.15, -0.1) is 0 Å². The van der Waals surface area contributed by atoms with Crippen LogP contribution in [0, 0.1) is 5.41 Å². The Morgan fingerprint density at radius 3 is 2.33 bits per heavy atom. The summed E-state index contributed by atoms with van der Waals surface area (Å²) in [6.07, 6.45) is 5.80. The molecule has 1 saturated carbocycles. The topological polar surface area (TPSA) is 32.8 Å². The van der Waals surface area contributed by atoms with Gasteiger partial charge in [-0.2, -0.15) is 0 Å². The molecule has 3 fully saturated rings. The van der Waals surface area contributed by atoms with Crippen molar-refractivity contribution in [3.8, 4) is 0 Å². The maximum atomic E-state index is 11.4. The predicted octanol–water partition coefficient (Wildman–Crippen LogP) is 0.762. The zero-order valence-corrected chi connectivity index (χ0v) is 11.1. The van der Waals surface area contributed by atoms with Crippen molar-refractivity contribution in [1.29, 1.82) is 0 Å². The van der Waals surface area contributed by atoms with Gasteiger partial charge in [-0.3, -0.25) is 9.80 Å². The molecule has 0 atom stereocenters. The van der Waals surface area contributed by atoms with Crippen LogP contribution in [0.15, 0.2) is 0 Å². The number of ether oxygens (including phenoxy) is 1. The molecule has 2 heterocycles. The molecule has 4 nitrogen and oxygen atoms in total. The first-order chi connectivity index (χ1) is 8.81. The minimum atomic E-state index is -0.125. The lowest BCUT2D eigenvalue weighted by Crippen LogP contribution is -2.51. The van der Waals surface area contributed by atoms with E-state index in [9.17, 15) is 4.79 Å². The van der Waals surface area contributed by atoms with E-state index >= 15 is 0 Å². The highest BCUT2D eigenvalue weighted by Gasteiger charge is 2.36. The fraction of sp³-hybridized carbons (Fsp3) is 0.929. The quantitative estimate of drug-likeness (QED) is 0.692. The maximum Gasteiger partial charge on any atom is 0.127 e. The summed E-state index contributed by atoms with van der Waals surface area (Å²) in [4.78, 5) is 16.5. The number of piperazine rings is 1. The maximum absolute atomic E-state index is 11.4. The molecule has 18 heavy (non-hydrogen) atoms. The van der Waals surface area contributed by atoms with Gasteiger partial charge in [0.1, 0.15) is 6.29 Å². The van der Waals surface area contributed by atoms with E-state index in [4.69, 9.17) is 4.74 Å². The number of hydrogen-bond donors (Lipinski definition) is 0. The molecule has 0 aromatic rings. The minimum Gasteiger partial charge on any atom is -0.381 e. The van der Waals surface area contributed by atoms with E-state index in [0.717, 1.165) is 51.7 Å². The largest absolute Gasteiger partial charge is 0.381 e. The molecule has 0 aromatic heterocycles. The molecule has 102 valence electrons. The van der Waals surface area contributed by atoms with E-state index in [1.54, 1.807) is 0 Å². The summed E-state index contributed by atoms with van der Waals surface area (Å²) in [6, 6.07) is 0.885. The van der Waals surface area contributed by atoms with Crippen molar-refractivity contribution in [2.45, 2.75) is 31.7 Å². The number of carbonyl (C=O) groups is 1. The normalized spacial score (nSPS) is 30.2. The van der Waals surface area contributed by atoms with E-state index in [0.29, 0.717) is 0 Å². The predicted molar refractivity (Wildman–Crippen MR) is 69.6 cm³/mol. The second-order valence-corrected chi connectivity index (χ2v) is 6.14. The SMILES string of the molecule is O=CC1(CN2CCN(C3CC3)CC2)CCOCC1. The fourth-order valence-electron chi connectivity index (χ4n) is 3.26. The van der Waals surface area contributed by atoms with E-state index in [2.05, 4.69) is 9.80 Å². The van der Waals surface area contributed by atoms with Gasteiger partial charge in [-0.25, -0.2) is 0 Å². The van der Waals surface area contributed by atoms with Gasteiger partial charge < -0.3 is 9.53 Å². The van der Waals surface area contributed by atoms with Crippen LogP contribution in [-0.2, 0) is 9.53 Å². The van der Waals surface area contributed by atoms with Crippen LogP contribution in [0.25, 0.3) is 0 Å². The highest BCUT2D eigenvalue weighted by atomic mass is 16.5. The van der Waals surface area contributed by atoms with Crippen molar-refractivity contribution < 1.29 is 9.53 Å². The summed E-state index contributed by atoms with van der Waals surface area (Å²) < 4.78 is 5.39. The summed E-state index contributed by atoms with van der Waals surface area (Å²) >= 11 is 0. The van der Waals surface area contributed by atoms with E-state index in [1.165, 1.54) is 32.2 Å². The van der Waals surface area contributed by atoms with Crippen LogP contribution >= 0.6 is 0 Å². The van der Waals surface area contributed by atoms with Crippen molar-refractivity contribution in [3.63, 3.8) is 0 Å². The van der Waals surface area contributed by atoms with Gasteiger partial charge in [0, 0.05) is 57.4 Å². The van der Waals surface area contributed by atoms with Crippen molar-refractivity contribution in [2.24, 2.45) is 5.41 Å². The molecule has 3 rings (SSSR count). The van der Waals surface area contributed by atoms with Crippen LogP contribution in [-0.4, -0.2) is 68.1 Å². The number of rotatable bonds is 4. The first-order valence-corrected chi connectivity index (χ1v) is 7.32. The Morgan fingerprint density at radius 2 is 1.78 bits per heavy atom. The first kappa shape index (κ1) is 12.6. The van der Waals surface area contributed by atoms with Gasteiger partial charge >= 0.3 is 0 Å². The summed E-state index contributed by atoms with van der Waals surface area (Å²) in [6.45, 7) is 7.09. The van der Waals surface area contributed by atoms with Crippen LogP contribution in [0.4, 0.5) is 0 Å². The Hall–Kier alpha value is -0.450. The third-order valence-electron chi connectivity index (χ3n) is 4.75. The van der Waals surface area contributed by atoms with Crippen molar-refractivity contribution in [3.05, 3.63) is 0 Å². The molecule has 4 heteroatoms. The Balaban J connectivity index is 1.51. The average molecular weight is 252 g/mol. The van der Waals surface area contributed by atoms with E-state index < -0.39 is 0 Å². The van der Waals surface area contributed by atoms with Crippen molar-refractivity contribution in [2.75, 3.05) is 45.9 Å². The van der Waals surface area contributed by atoms with Gasteiger partial charge in [-0.1, -0.05) is 0 Å². The van der Waals surface area contributed by atoms with Crippen LogP contribution in [0.3, 0.4) is 0 Å². The highest BCUT2D eigenvalue weighted by molar-refractivity contribution is 5.60. The molecule has 0 bridgehead atoms. The molecule has 3 aliphatic rings. The minimum absolute atomic E-state index is 0.125. The average Bonchev–Trinajstić information content (AvgIpc) is 3.25. The van der Waals surface area contributed by atoms with Gasteiger partial charge in [0.25, 0.3) is 0 Å². The third kappa shape index (κ3) is 2.76. The Bertz CT molecular complexity index is 290. The summed E-state index contributed by atoms with van der Waals surface area (Å²) in [5.41, 5.74) is -0.125. The zero-order valence-electron chi connectivity index (χ0n) is 11.1. The molecule has 0 radical (unpaired) electrons. The third-order valence-corrected chi connectivity index (χ3v) is 4.75. The van der Waals surface area contributed by atoms with Crippen molar-refractivity contribution >= 4 is 6.29 Å². The molecule has 0 amide bonds. The van der Waals surface area contributed by atoms with Crippen molar-refractivity contribution in [1.82, 2.24) is 9.80 Å². The van der Waals surface area contributed by atoms with E-state index in [-0.39, 0.29) is 5.41 Å². The lowest BCUT2D eigenvalue weighted by Gasteiger charge is -2.41. The molecular formula is C14H24N2O2. The Kier molecular flexibility index (Phi) is 3.68. The molecule has 2 aliphatic heterocycles. The zero-order chi connectivity index (χ0) is 12.4. The van der Waals surface area contributed by atoms with Gasteiger partial charge in [0.15, 0.2) is 0 Å². The molecule has 0 N–H and O–H groups in total. The van der Waals surface area contributed by atoms with E-state index in [1.807, 2.05) is 0 Å². The Labute approximate surface area is 109 Å². The fourth-order valence-corrected chi connectivity index (χ4v) is 3.26. The number of nitrogens with zero attached hydrogens (tertiary/aromatic N) is 2. The van der Waals surface area contributed by atoms with Crippen LogP contribution in [0.5, 0.6) is 0 Å². The van der Waals surface area contributed by atoms with Gasteiger partial charge in [0.2, 0.25) is 0 Å². The standard InChI is InChI=1S/C14H24N2O2/c17-12-14(3-9-18-10-4-14)11-15-5-7-16(8-6-15)13-1-2-13/h12-13H,1-11H2. The second-order valence-electron chi connectivity index (χ2n) is 6.14. The Morgan fingerprint density at radius 1 is 1.11 bits per heavy atom. The van der Waals surface area contributed by atoms with Crippen LogP contribution < -0.4 is 0 Å². The van der Waals surface area contributed by atoms with Crippen LogP contribution in [0.2, 0.25) is 0 Å². The highest BCUT2D eigenvalue weighted by Crippen LogP contribution is 2.31. The molecule has 0 aromatic carbocycles. The molecule has 0 unspecified atom stereocenters. The monoisotopic (exact) mass is 252 g/mol. The number of carbonyl (C=O) groups excluding carboxylic acids is 1. The molecule has 1 aliphatic carbocycles. The first-order valence-electron chi connectivity index (χ1n) is 7.32. The van der Waals surface area contributed by atoms with Gasteiger partial charge in [-0.05, 0) is 25.7 Å². The molecule has 0 spiro atoms.